The molecule has 0 aliphatic carbocycles. The van der Waals surface area contributed by atoms with Crippen molar-refractivity contribution >= 4 is 35.5 Å². The van der Waals surface area contributed by atoms with Crippen LogP contribution in [0.15, 0.2) is 12.7 Å². The van der Waals surface area contributed by atoms with Gasteiger partial charge in [0.25, 0.3) is 0 Å². The summed E-state index contributed by atoms with van der Waals surface area (Å²) in [6.45, 7) is 7.85. The first-order valence-electron chi connectivity index (χ1n) is 8.12. The summed E-state index contributed by atoms with van der Waals surface area (Å²) in [7, 11) is 0. The second-order valence-electron chi connectivity index (χ2n) is 5.92. The van der Waals surface area contributed by atoms with Crippen LogP contribution in [0.3, 0.4) is 0 Å². The molecule has 0 N–H and O–H groups in total. The Kier molecular flexibility index (Phi) is 8.23. The Bertz CT molecular complexity index is 605. The van der Waals surface area contributed by atoms with E-state index in [4.69, 9.17) is 35.3 Å². The van der Waals surface area contributed by atoms with Gasteiger partial charge >= 0.3 is 23.9 Å². The van der Waals surface area contributed by atoms with Crippen molar-refractivity contribution in [3.8, 4) is 0 Å². The Hall–Kier alpha value is -2.13. The molecule has 0 bridgehead atoms. The van der Waals surface area contributed by atoms with Gasteiger partial charge in [0.05, 0.1) is 0 Å². The lowest BCUT2D eigenvalue weighted by Crippen LogP contribution is -2.66. The molecule has 0 radical (unpaired) electrons. The van der Waals surface area contributed by atoms with Crippen LogP contribution < -0.4 is 0 Å². The quantitative estimate of drug-likeness (QED) is 0.266. The zero-order chi connectivity index (χ0) is 20.8. The van der Waals surface area contributed by atoms with E-state index < -0.39 is 53.4 Å². The molecule has 0 unspecified atom stereocenters. The van der Waals surface area contributed by atoms with Crippen molar-refractivity contribution < 1.29 is 42.9 Å². The average Bonchev–Trinajstić information content (AvgIpc) is 2.51. The van der Waals surface area contributed by atoms with Crippen LogP contribution in [-0.4, -0.2) is 60.0 Å². The van der Waals surface area contributed by atoms with E-state index in [2.05, 4.69) is 6.58 Å². The number of esters is 4. The van der Waals surface area contributed by atoms with E-state index in [1.54, 1.807) is 0 Å². The Morgan fingerprint density at radius 2 is 1.48 bits per heavy atom. The summed E-state index contributed by atoms with van der Waals surface area (Å²) in [6, 6.07) is 0. The molecule has 1 saturated heterocycles. The van der Waals surface area contributed by atoms with Crippen LogP contribution in [0.25, 0.3) is 0 Å². The van der Waals surface area contributed by atoms with E-state index in [0.717, 1.165) is 20.8 Å². The van der Waals surface area contributed by atoms with Gasteiger partial charge in [0.1, 0.15) is 12.7 Å². The number of ether oxygens (including phenoxy) is 5. The maximum atomic E-state index is 11.6. The number of carbonyl (C=O) groups excluding carboxylic acids is 4. The third-order valence-electron chi connectivity index (χ3n) is 3.53. The fourth-order valence-electron chi connectivity index (χ4n) is 2.69. The van der Waals surface area contributed by atoms with Crippen LogP contribution in [0.1, 0.15) is 34.1 Å². The SMILES string of the molecule is C=CC[C@]1(Cl)O[C@H](COC(C)=O)[C@@H](OC(C)=O)[C@H](OC(C)=O)[C@@H]1OC(C)=O. The van der Waals surface area contributed by atoms with Crippen LogP contribution >= 0.6 is 11.6 Å². The van der Waals surface area contributed by atoms with Gasteiger partial charge in [-0.1, -0.05) is 17.7 Å². The maximum absolute atomic E-state index is 11.6. The molecule has 9 nitrogen and oxygen atoms in total. The van der Waals surface area contributed by atoms with Gasteiger partial charge in [-0.3, -0.25) is 19.2 Å². The Labute approximate surface area is 161 Å². The fourth-order valence-corrected chi connectivity index (χ4v) is 3.09. The molecule has 1 aliphatic rings. The third-order valence-corrected chi connectivity index (χ3v) is 3.99. The Morgan fingerprint density at radius 3 is 1.93 bits per heavy atom. The zero-order valence-electron chi connectivity index (χ0n) is 15.6. The highest BCUT2D eigenvalue weighted by Crippen LogP contribution is 2.41. The topological polar surface area (TPSA) is 114 Å². The van der Waals surface area contributed by atoms with E-state index >= 15 is 0 Å². The van der Waals surface area contributed by atoms with Crippen LogP contribution in [0.2, 0.25) is 0 Å². The standard InChI is InChI=1S/C17H23ClO9/c1-6-7-17(18)16(26-12(5)22)15(25-11(4)21)14(24-10(3)20)13(27-17)8-23-9(2)19/h6,13-16H,1,7-8H2,2-5H3/t13-,14-,15+,16+,17+/m1/s1. The molecule has 0 spiro atoms. The van der Waals surface area contributed by atoms with E-state index in [1.165, 1.54) is 13.0 Å². The molecule has 1 aliphatic heterocycles. The molecule has 27 heavy (non-hydrogen) atoms. The summed E-state index contributed by atoms with van der Waals surface area (Å²) in [5.41, 5.74) is 0. The minimum Gasteiger partial charge on any atom is -0.463 e. The molecule has 152 valence electrons. The molecule has 0 saturated carbocycles. The van der Waals surface area contributed by atoms with Crippen LogP contribution in [0, 0.1) is 0 Å². The summed E-state index contributed by atoms with van der Waals surface area (Å²) >= 11 is 6.53. The van der Waals surface area contributed by atoms with E-state index in [1.807, 2.05) is 0 Å². The lowest BCUT2D eigenvalue weighted by atomic mass is 9.92. The van der Waals surface area contributed by atoms with Crippen molar-refractivity contribution in [1.29, 1.82) is 0 Å². The number of carbonyl (C=O) groups is 4. The summed E-state index contributed by atoms with van der Waals surface area (Å²) in [4.78, 5) is 45.9. The van der Waals surface area contributed by atoms with Gasteiger partial charge < -0.3 is 23.7 Å². The molecule has 0 aromatic carbocycles. The lowest BCUT2D eigenvalue weighted by molar-refractivity contribution is -0.263. The third kappa shape index (κ3) is 6.51. The largest absolute Gasteiger partial charge is 0.463 e. The van der Waals surface area contributed by atoms with Gasteiger partial charge in [0.15, 0.2) is 23.4 Å². The molecule has 1 heterocycles. The highest BCUT2D eigenvalue weighted by atomic mass is 35.5. The minimum atomic E-state index is -1.69. The summed E-state index contributed by atoms with van der Waals surface area (Å²) in [5, 5.41) is -1.69. The molecule has 10 heteroatoms. The number of halogens is 1. The second-order valence-corrected chi connectivity index (χ2v) is 6.56. The van der Waals surface area contributed by atoms with E-state index in [9.17, 15) is 19.2 Å². The normalized spacial score (nSPS) is 30.0. The molecular formula is C17H23ClO9. The molecular weight excluding hydrogens is 384 g/mol. The van der Waals surface area contributed by atoms with Gasteiger partial charge in [-0.25, -0.2) is 0 Å². The first-order valence-corrected chi connectivity index (χ1v) is 8.50. The molecule has 1 fully saturated rings. The summed E-state index contributed by atoms with van der Waals surface area (Å²) < 4.78 is 26.4. The second kappa shape index (κ2) is 9.70. The van der Waals surface area contributed by atoms with Gasteiger partial charge in [-0.05, 0) is 0 Å². The lowest BCUT2D eigenvalue weighted by Gasteiger charge is -2.48. The number of hydrogen-bond acceptors (Lipinski definition) is 9. The predicted molar refractivity (Wildman–Crippen MR) is 91.6 cm³/mol. The van der Waals surface area contributed by atoms with Crippen LogP contribution in [0.4, 0.5) is 0 Å². The Morgan fingerprint density at radius 1 is 0.963 bits per heavy atom. The average molecular weight is 407 g/mol. The van der Waals surface area contributed by atoms with Gasteiger partial charge in [0.2, 0.25) is 0 Å². The number of rotatable bonds is 7. The maximum Gasteiger partial charge on any atom is 0.303 e. The predicted octanol–water partition coefficient (Wildman–Crippen LogP) is 1.25. The van der Waals surface area contributed by atoms with Crippen molar-refractivity contribution in [1.82, 2.24) is 0 Å². The van der Waals surface area contributed by atoms with Crippen LogP contribution in [-0.2, 0) is 42.9 Å². The van der Waals surface area contributed by atoms with Crippen molar-refractivity contribution in [2.45, 2.75) is 63.6 Å². The number of alkyl halides is 1. The van der Waals surface area contributed by atoms with E-state index in [-0.39, 0.29) is 13.0 Å². The van der Waals surface area contributed by atoms with Crippen molar-refractivity contribution in [2.75, 3.05) is 6.61 Å². The highest BCUT2D eigenvalue weighted by Gasteiger charge is 2.58. The fraction of sp³-hybridized carbons (Fsp3) is 0.647. The summed E-state index contributed by atoms with van der Waals surface area (Å²) in [6.07, 6.45) is -3.49. The smallest absolute Gasteiger partial charge is 0.303 e. The molecule has 5 atom stereocenters. The Balaban J connectivity index is 3.38. The molecule has 0 aromatic heterocycles. The van der Waals surface area contributed by atoms with Crippen molar-refractivity contribution in [3.63, 3.8) is 0 Å². The monoisotopic (exact) mass is 406 g/mol. The molecule has 0 amide bonds. The minimum absolute atomic E-state index is 0.00632. The van der Waals surface area contributed by atoms with Crippen molar-refractivity contribution in [2.24, 2.45) is 0 Å². The van der Waals surface area contributed by atoms with Gasteiger partial charge in [-0.15, -0.1) is 6.58 Å². The number of hydrogen-bond donors (Lipinski definition) is 0. The summed E-state index contributed by atoms with van der Waals surface area (Å²) in [5.74, 6) is -2.74. The van der Waals surface area contributed by atoms with E-state index in [0.29, 0.717) is 0 Å². The van der Waals surface area contributed by atoms with Gasteiger partial charge in [0, 0.05) is 34.1 Å². The highest BCUT2D eigenvalue weighted by molar-refractivity contribution is 6.23. The van der Waals surface area contributed by atoms with Crippen LogP contribution in [0.5, 0.6) is 0 Å². The van der Waals surface area contributed by atoms with Crippen molar-refractivity contribution in [3.05, 3.63) is 12.7 Å². The first kappa shape index (κ1) is 22.9. The zero-order valence-corrected chi connectivity index (χ0v) is 16.3. The molecule has 1 rings (SSSR count). The molecule has 0 aromatic rings. The first-order chi connectivity index (χ1) is 12.5. The van der Waals surface area contributed by atoms with Gasteiger partial charge in [-0.2, -0.15) is 0 Å².